The monoisotopic (exact) mass is 184 g/mol. The van der Waals surface area contributed by atoms with E-state index in [1.165, 1.54) is 38.5 Å². The van der Waals surface area contributed by atoms with Crippen molar-refractivity contribution in [2.75, 3.05) is 0 Å². The van der Waals surface area contributed by atoms with Crippen LogP contribution in [0.3, 0.4) is 0 Å². The molecule has 1 rings (SSSR count). The van der Waals surface area contributed by atoms with Crippen molar-refractivity contribution in [3.05, 3.63) is 0 Å². The van der Waals surface area contributed by atoms with Crippen molar-refractivity contribution >= 4 is 0 Å². The van der Waals surface area contributed by atoms with Crippen molar-refractivity contribution in [3.8, 4) is 0 Å². The number of rotatable bonds is 7. The van der Waals surface area contributed by atoms with Crippen LogP contribution in [-0.4, -0.2) is 6.04 Å². The summed E-state index contributed by atoms with van der Waals surface area (Å²) in [6.45, 7) is 4.57. The minimum absolute atomic E-state index is 0.590. The minimum Gasteiger partial charge on any atom is -0.271 e. The molecule has 2 nitrogen and oxygen atoms in total. The van der Waals surface area contributed by atoms with Crippen LogP contribution in [0.4, 0.5) is 0 Å². The molecule has 78 valence electrons. The van der Waals surface area contributed by atoms with Gasteiger partial charge in [-0.2, -0.15) is 0 Å². The highest BCUT2D eigenvalue weighted by atomic mass is 15.2. The first-order valence-corrected chi connectivity index (χ1v) is 5.75. The van der Waals surface area contributed by atoms with Gasteiger partial charge in [-0.3, -0.25) is 11.3 Å². The van der Waals surface area contributed by atoms with Gasteiger partial charge in [0.1, 0.15) is 0 Å². The van der Waals surface area contributed by atoms with E-state index >= 15 is 0 Å². The fourth-order valence-corrected chi connectivity index (χ4v) is 2.12. The Kier molecular flexibility index (Phi) is 4.74. The van der Waals surface area contributed by atoms with Crippen LogP contribution in [0.15, 0.2) is 0 Å². The summed E-state index contributed by atoms with van der Waals surface area (Å²) in [5.74, 6) is 7.32. The Hall–Kier alpha value is -0.0800. The molecule has 3 atom stereocenters. The van der Waals surface area contributed by atoms with Crippen LogP contribution >= 0.6 is 0 Å². The van der Waals surface area contributed by atoms with Gasteiger partial charge in [0.25, 0.3) is 0 Å². The van der Waals surface area contributed by atoms with Crippen molar-refractivity contribution in [2.45, 2.75) is 58.4 Å². The van der Waals surface area contributed by atoms with Gasteiger partial charge in [0, 0.05) is 6.04 Å². The van der Waals surface area contributed by atoms with Crippen molar-refractivity contribution in [1.29, 1.82) is 0 Å². The lowest BCUT2D eigenvalue weighted by Crippen LogP contribution is -2.37. The van der Waals surface area contributed by atoms with E-state index in [2.05, 4.69) is 19.3 Å². The number of unbranched alkanes of at least 4 members (excludes halogenated alkanes) is 3. The third-order valence-electron chi connectivity index (χ3n) is 3.27. The van der Waals surface area contributed by atoms with Crippen LogP contribution in [0, 0.1) is 11.8 Å². The first kappa shape index (κ1) is 11.0. The molecule has 1 aliphatic carbocycles. The van der Waals surface area contributed by atoms with Crippen molar-refractivity contribution < 1.29 is 0 Å². The van der Waals surface area contributed by atoms with E-state index in [9.17, 15) is 0 Å². The Morgan fingerprint density at radius 2 is 2.08 bits per heavy atom. The largest absolute Gasteiger partial charge is 0.271 e. The summed E-state index contributed by atoms with van der Waals surface area (Å²) in [5, 5.41) is 0. The number of hydrogen-bond acceptors (Lipinski definition) is 2. The molecule has 3 unspecified atom stereocenters. The molecule has 0 aromatic carbocycles. The number of nitrogens with one attached hydrogen (secondary N) is 1. The van der Waals surface area contributed by atoms with Gasteiger partial charge < -0.3 is 0 Å². The van der Waals surface area contributed by atoms with E-state index in [0.717, 1.165) is 11.8 Å². The standard InChI is InChI=1S/C11H24N2/c1-3-4-5-6-7-11(13-12)10-8-9(10)2/h9-11,13H,3-8,12H2,1-2H3. The highest BCUT2D eigenvalue weighted by molar-refractivity contribution is 4.91. The van der Waals surface area contributed by atoms with Crippen molar-refractivity contribution in [3.63, 3.8) is 0 Å². The molecule has 2 heteroatoms. The molecule has 0 spiro atoms. The second kappa shape index (κ2) is 5.61. The van der Waals surface area contributed by atoms with Crippen LogP contribution in [-0.2, 0) is 0 Å². The predicted octanol–water partition coefficient (Wildman–Crippen LogP) is 2.44. The first-order chi connectivity index (χ1) is 6.29. The summed E-state index contributed by atoms with van der Waals surface area (Å²) in [6.07, 6.45) is 8.05. The average molecular weight is 184 g/mol. The Labute approximate surface area is 82.2 Å². The van der Waals surface area contributed by atoms with Gasteiger partial charge in [-0.05, 0) is 24.7 Å². The van der Waals surface area contributed by atoms with Gasteiger partial charge in [0.15, 0.2) is 0 Å². The van der Waals surface area contributed by atoms with E-state index < -0.39 is 0 Å². The smallest absolute Gasteiger partial charge is 0.0241 e. The topological polar surface area (TPSA) is 38.0 Å². The molecule has 0 radical (unpaired) electrons. The average Bonchev–Trinajstić information content (AvgIpc) is 2.83. The zero-order valence-corrected chi connectivity index (χ0v) is 9.05. The summed E-state index contributed by atoms with van der Waals surface area (Å²) < 4.78 is 0. The zero-order valence-electron chi connectivity index (χ0n) is 9.05. The fraction of sp³-hybridized carbons (Fsp3) is 1.00. The summed E-state index contributed by atoms with van der Waals surface area (Å²) in [6, 6.07) is 0.590. The van der Waals surface area contributed by atoms with Gasteiger partial charge in [-0.15, -0.1) is 0 Å². The van der Waals surface area contributed by atoms with Gasteiger partial charge in [0.2, 0.25) is 0 Å². The molecule has 1 fully saturated rings. The molecule has 0 aliphatic heterocycles. The summed E-state index contributed by atoms with van der Waals surface area (Å²) in [7, 11) is 0. The van der Waals surface area contributed by atoms with Crippen LogP contribution in [0.25, 0.3) is 0 Å². The van der Waals surface area contributed by atoms with E-state index in [0.29, 0.717) is 6.04 Å². The van der Waals surface area contributed by atoms with E-state index in [1.807, 2.05) is 0 Å². The molecule has 0 aromatic rings. The zero-order chi connectivity index (χ0) is 9.68. The van der Waals surface area contributed by atoms with E-state index in [1.54, 1.807) is 0 Å². The van der Waals surface area contributed by atoms with Gasteiger partial charge in [-0.1, -0.05) is 39.5 Å². The number of hydrogen-bond donors (Lipinski definition) is 2. The lowest BCUT2D eigenvalue weighted by molar-refractivity contribution is 0.411. The highest BCUT2D eigenvalue weighted by Crippen LogP contribution is 2.41. The van der Waals surface area contributed by atoms with Crippen molar-refractivity contribution in [2.24, 2.45) is 17.7 Å². The predicted molar refractivity (Wildman–Crippen MR) is 57.1 cm³/mol. The molecule has 1 aliphatic rings. The van der Waals surface area contributed by atoms with Gasteiger partial charge in [0.05, 0.1) is 0 Å². The Balaban J connectivity index is 2.03. The maximum Gasteiger partial charge on any atom is 0.0241 e. The molecule has 0 amide bonds. The maximum absolute atomic E-state index is 5.54. The van der Waals surface area contributed by atoms with Gasteiger partial charge in [-0.25, -0.2) is 0 Å². The third kappa shape index (κ3) is 3.65. The first-order valence-electron chi connectivity index (χ1n) is 5.75. The van der Waals surface area contributed by atoms with Crippen LogP contribution in [0.5, 0.6) is 0 Å². The third-order valence-corrected chi connectivity index (χ3v) is 3.27. The van der Waals surface area contributed by atoms with Crippen LogP contribution < -0.4 is 11.3 Å². The maximum atomic E-state index is 5.54. The fourth-order valence-electron chi connectivity index (χ4n) is 2.12. The molecule has 0 heterocycles. The molecular weight excluding hydrogens is 160 g/mol. The molecule has 0 aromatic heterocycles. The summed E-state index contributed by atoms with van der Waals surface area (Å²) in [4.78, 5) is 0. The molecule has 0 saturated heterocycles. The minimum atomic E-state index is 0.590. The Morgan fingerprint density at radius 1 is 1.38 bits per heavy atom. The SMILES string of the molecule is CCCCCCC(NN)C1CC1C. The molecule has 3 N–H and O–H groups in total. The van der Waals surface area contributed by atoms with E-state index in [4.69, 9.17) is 5.84 Å². The normalized spacial score (nSPS) is 28.8. The molecule has 1 saturated carbocycles. The van der Waals surface area contributed by atoms with Crippen LogP contribution in [0.2, 0.25) is 0 Å². The summed E-state index contributed by atoms with van der Waals surface area (Å²) >= 11 is 0. The van der Waals surface area contributed by atoms with E-state index in [-0.39, 0.29) is 0 Å². The van der Waals surface area contributed by atoms with Crippen molar-refractivity contribution in [1.82, 2.24) is 5.43 Å². The number of nitrogens with two attached hydrogens (primary N) is 1. The Morgan fingerprint density at radius 3 is 2.54 bits per heavy atom. The number of hydrazine groups is 1. The quantitative estimate of drug-likeness (QED) is 0.362. The Bertz CT molecular complexity index is 136. The molecule has 13 heavy (non-hydrogen) atoms. The summed E-state index contributed by atoms with van der Waals surface area (Å²) in [5.41, 5.74) is 2.97. The molecule has 0 bridgehead atoms. The highest BCUT2D eigenvalue weighted by Gasteiger charge is 2.38. The lowest BCUT2D eigenvalue weighted by atomic mass is 10.0. The second-order valence-electron chi connectivity index (χ2n) is 4.50. The second-order valence-corrected chi connectivity index (χ2v) is 4.50. The van der Waals surface area contributed by atoms with Crippen LogP contribution in [0.1, 0.15) is 52.4 Å². The van der Waals surface area contributed by atoms with Gasteiger partial charge >= 0.3 is 0 Å². The lowest BCUT2D eigenvalue weighted by Gasteiger charge is -2.14. The molecular formula is C11H24N2.